The molecule has 0 aromatic carbocycles. The van der Waals surface area contributed by atoms with Gasteiger partial charge < -0.3 is 19.6 Å². The Morgan fingerprint density at radius 1 is 1.31 bits per heavy atom. The Kier molecular flexibility index (Phi) is 10.1. The number of nitrogens with zero attached hydrogens (tertiary/aromatic N) is 2. The van der Waals surface area contributed by atoms with Crippen LogP contribution in [0.1, 0.15) is 65.7 Å². The first-order valence-corrected chi connectivity index (χ1v) is 14.5. The molecule has 3 rings (SSSR count). The third-order valence-corrected chi connectivity index (χ3v) is 10.3. The molecule has 36 heavy (non-hydrogen) atoms. The van der Waals surface area contributed by atoms with Crippen molar-refractivity contribution in [3.05, 3.63) is 25.3 Å². The van der Waals surface area contributed by atoms with Crippen molar-refractivity contribution in [2.45, 2.75) is 87.8 Å². The third-order valence-electron chi connectivity index (χ3n) is 8.35. The first-order valence-electron chi connectivity index (χ1n) is 13.6. The van der Waals surface area contributed by atoms with E-state index in [9.17, 15) is 19.5 Å². The lowest BCUT2D eigenvalue weighted by Gasteiger charge is -2.41. The lowest BCUT2D eigenvalue weighted by molar-refractivity contribution is -0.154. The minimum absolute atomic E-state index is 0.0117. The Hall–Kier alpha value is -1.80. The number of amides is 2. The average Bonchev–Trinajstić information content (AvgIpc) is 3.51. The van der Waals surface area contributed by atoms with Gasteiger partial charge in [0.25, 0.3) is 0 Å². The van der Waals surface area contributed by atoms with Gasteiger partial charge in [0, 0.05) is 18.3 Å². The fourth-order valence-electron chi connectivity index (χ4n) is 6.32. The molecular weight excluding hydrogens is 476 g/mol. The molecule has 3 aliphatic heterocycles. The number of likely N-dealkylation sites (tertiary alicyclic amines) is 1. The predicted octanol–water partition coefficient (Wildman–Crippen LogP) is 3.81. The number of carbonyl (C=O) groups is 3. The summed E-state index contributed by atoms with van der Waals surface area (Å²) < 4.78 is 4.88. The monoisotopic (exact) mass is 520 g/mol. The third kappa shape index (κ3) is 5.13. The van der Waals surface area contributed by atoms with E-state index in [1.54, 1.807) is 28.8 Å². The van der Waals surface area contributed by atoms with E-state index in [-0.39, 0.29) is 42.2 Å². The number of thioether (sulfide) groups is 1. The van der Waals surface area contributed by atoms with Gasteiger partial charge in [-0.3, -0.25) is 14.4 Å². The summed E-state index contributed by atoms with van der Waals surface area (Å²) in [5.74, 6) is -1.77. The molecule has 0 radical (unpaired) electrons. The van der Waals surface area contributed by atoms with Crippen LogP contribution in [-0.2, 0) is 19.1 Å². The summed E-state index contributed by atoms with van der Waals surface area (Å²) in [6, 6.07) is -1.18. The number of hydrogen-bond acceptors (Lipinski definition) is 6. The molecule has 1 spiro atoms. The predicted molar refractivity (Wildman–Crippen MR) is 143 cm³/mol. The number of unbranched alkanes of at least 4 members (excludes halogenated alkanes) is 2. The van der Waals surface area contributed by atoms with Gasteiger partial charge in [-0.25, -0.2) is 0 Å². The van der Waals surface area contributed by atoms with E-state index in [2.05, 4.69) is 20.1 Å². The molecule has 1 N–H and O–H groups in total. The maximum Gasteiger partial charge on any atom is 0.310 e. The number of hydrogen-bond donors (Lipinski definition) is 1. The lowest BCUT2D eigenvalue weighted by atomic mass is 9.71. The number of aliphatic hydroxyl groups is 1. The number of carbonyl (C=O) groups excluding carboxylic acids is 3. The Balaban J connectivity index is 2.02. The molecule has 3 heterocycles. The second kappa shape index (κ2) is 12.6. The number of fused-ring (bicyclic) bond motifs is 1. The van der Waals surface area contributed by atoms with E-state index in [1.807, 2.05) is 18.7 Å². The molecule has 3 saturated heterocycles. The molecular formula is C28H44N2O5S. The van der Waals surface area contributed by atoms with Crippen LogP contribution < -0.4 is 0 Å². The van der Waals surface area contributed by atoms with Crippen LogP contribution in [0.5, 0.6) is 0 Å². The number of ether oxygens (including phenoxy) is 1. The SMILES string of the molecule is C=CCCOC(=O)[C@@H]1[C@@H]2CCC3(S2)C(C(=O)N(CC=C)CCCCC)N([C@@H](CO)[C@@H](C)CC)C(=O)[C@H]13. The molecule has 0 saturated carbocycles. The van der Waals surface area contributed by atoms with Gasteiger partial charge in [-0.1, -0.05) is 52.2 Å². The van der Waals surface area contributed by atoms with Gasteiger partial charge in [-0.15, -0.1) is 24.9 Å². The van der Waals surface area contributed by atoms with E-state index in [1.165, 1.54) is 0 Å². The van der Waals surface area contributed by atoms with Gasteiger partial charge in [0.05, 0.1) is 35.8 Å². The summed E-state index contributed by atoms with van der Waals surface area (Å²) in [5, 5.41) is 10.4. The highest BCUT2D eigenvalue weighted by molar-refractivity contribution is 8.02. The van der Waals surface area contributed by atoms with Crippen molar-refractivity contribution in [2.24, 2.45) is 17.8 Å². The highest BCUT2D eigenvalue weighted by Crippen LogP contribution is 2.67. The zero-order chi connectivity index (χ0) is 26.5. The first-order chi connectivity index (χ1) is 17.3. The summed E-state index contributed by atoms with van der Waals surface area (Å²) in [4.78, 5) is 45.2. The van der Waals surface area contributed by atoms with E-state index in [0.29, 0.717) is 25.9 Å². The largest absolute Gasteiger partial charge is 0.465 e. The van der Waals surface area contributed by atoms with E-state index < -0.39 is 28.7 Å². The highest BCUT2D eigenvalue weighted by Gasteiger charge is 2.75. The Bertz CT molecular complexity index is 835. The van der Waals surface area contributed by atoms with Crippen molar-refractivity contribution in [1.82, 2.24) is 9.80 Å². The number of aliphatic hydroxyl groups excluding tert-OH is 1. The number of esters is 1. The molecule has 202 valence electrons. The van der Waals surface area contributed by atoms with Crippen molar-refractivity contribution >= 4 is 29.5 Å². The Morgan fingerprint density at radius 3 is 2.67 bits per heavy atom. The van der Waals surface area contributed by atoms with Crippen molar-refractivity contribution in [3.63, 3.8) is 0 Å². The summed E-state index contributed by atoms with van der Waals surface area (Å²) in [6.45, 7) is 14.7. The normalized spacial score (nSPS) is 30.1. The minimum Gasteiger partial charge on any atom is -0.465 e. The molecule has 2 unspecified atom stereocenters. The topological polar surface area (TPSA) is 87.2 Å². The fourth-order valence-corrected chi connectivity index (χ4v) is 8.51. The van der Waals surface area contributed by atoms with Crippen LogP contribution in [0.3, 0.4) is 0 Å². The zero-order valence-corrected chi connectivity index (χ0v) is 23.0. The average molecular weight is 521 g/mol. The molecule has 0 aromatic rings. The molecule has 2 bridgehead atoms. The first kappa shape index (κ1) is 28.8. The maximum absolute atomic E-state index is 14.3. The van der Waals surface area contributed by atoms with Gasteiger partial charge in [-0.05, 0) is 31.6 Å². The van der Waals surface area contributed by atoms with Crippen molar-refractivity contribution < 1.29 is 24.2 Å². The van der Waals surface area contributed by atoms with Crippen LogP contribution in [-0.4, -0.2) is 81.1 Å². The van der Waals surface area contributed by atoms with Crippen LogP contribution in [0.2, 0.25) is 0 Å². The molecule has 8 heteroatoms. The summed E-state index contributed by atoms with van der Waals surface area (Å²) >= 11 is 1.64. The van der Waals surface area contributed by atoms with Gasteiger partial charge in [-0.2, -0.15) is 0 Å². The van der Waals surface area contributed by atoms with Crippen LogP contribution in [0, 0.1) is 17.8 Å². The van der Waals surface area contributed by atoms with E-state index in [4.69, 9.17) is 4.74 Å². The second-order valence-electron chi connectivity index (χ2n) is 10.5. The summed E-state index contributed by atoms with van der Waals surface area (Å²) in [7, 11) is 0. The maximum atomic E-state index is 14.3. The van der Waals surface area contributed by atoms with Crippen molar-refractivity contribution in [2.75, 3.05) is 26.3 Å². The molecule has 0 aromatic heterocycles. The molecule has 7 nitrogen and oxygen atoms in total. The smallest absolute Gasteiger partial charge is 0.310 e. The Morgan fingerprint density at radius 2 is 2.06 bits per heavy atom. The minimum atomic E-state index is -0.705. The zero-order valence-electron chi connectivity index (χ0n) is 22.2. The lowest BCUT2D eigenvalue weighted by Crippen LogP contribution is -2.58. The van der Waals surface area contributed by atoms with Crippen LogP contribution in [0.4, 0.5) is 0 Å². The van der Waals surface area contributed by atoms with E-state index >= 15 is 0 Å². The quantitative estimate of drug-likeness (QED) is 0.201. The standard InChI is InChI=1S/C28H44N2O5S/c1-6-10-12-16-29(15-8-3)26(33)24-28-14-13-21(36-28)22(27(34)35-17-11-7-2)23(28)25(32)30(24)20(18-31)19(5)9-4/h7-8,19-24,31H,2-3,6,9-18H2,1,4-5H3/t19-,20-,21-,22+,23-,24?,28?/m0/s1. The van der Waals surface area contributed by atoms with Crippen LogP contribution >= 0.6 is 11.8 Å². The van der Waals surface area contributed by atoms with Crippen LogP contribution in [0.25, 0.3) is 0 Å². The highest BCUT2D eigenvalue weighted by atomic mass is 32.2. The van der Waals surface area contributed by atoms with Crippen molar-refractivity contribution in [1.29, 1.82) is 0 Å². The molecule has 2 amide bonds. The second-order valence-corrected chi connectivity index (χ2v) is 12.1. The number of rotatable bonds is 15. The summed E-state index contributed by atoms with van der Waals surface area (Å²) in [5.41, 5.74) is 0. The van der Waals surface area contributed by atoms with Gasteiger partial charge in [0.15, 0.2) is 0 Å². The van der Waals surface area contributed by atoms with Crippen LogP contribution in [0.15, 0.2) is 25.3 Å². The van der Waals surface area contributed by atoms with E-state index in [0.717, 1.165) is 32.1 Å². The molecule has 3 aliphatic rings. The fraction of sp³-hybridized carbons (Fsp3) is 0.750. The molecule has 7 atom stereocenters. The van der Waals surface area contributed by atoms with Gasteiger partial charge >= 0.3 is 5.97 Å². The Labute approximate surface area is 220 Å². The van der Waals surface area contributed by atoms with Gasteiger partial charge in [0.2, 0.25) is 11.8 Å². The van der Waals surface area contributed by atoms with Crippen molar-refractivity contribution in [3.8, 4) is 0 Å². The van der Waals surface area contributed by atoms with Gasteiger partial charge in [0.1, 0.15) is 6.04 Å². The summed E-state index contributed by atoms with van der Waals surface area (Å²) in [6.07, 6.45) is 9.19. The molecule has 0 aliphatic carbocycles. The molecule has 3 fully saturated rings.